The number of anilines is 1. The number of nitrogens with zero attached hydrogens (tertiary/aromatic N) is 4. The van der Waals surface area contributed by atoms with Crippen LogP contribution < -0.4 is 5.32 Å². The summed E-state index contributed by atoms with van der Waals surface area (Å²) in [5, 5.41) is 27.0. The molecule has 1 heterocycles. The van der Waals surface area contributed by atoms with Gasteiger partial charge in [-0.25, -0.2) is 4.98 Å². The van der Waals surface area contributed by atoms with Gasteiger partial charge in [0.25, 0.3) is 17.3 Å². The quantitative estimate of drug-likeness (QED) is 0.519. The Balaban J connectivity index is 1.90. The number of amides is 2. The summed E-state index contributed by atoms with van der Waals surface area (Å²) >= 11 is 1.23. The summed E-state index contributed by atoms with van der Waals surface area (Å²) in [6.45, 7) is -0.278. The zero-order chi connectivity index (χ0) is 21.7. The van der Waals surface area contributed by atoms with Gasteiger partial charge >= 0.3 is 0 Å². The zero-order valence-corrected chi connectivity index (χ0v) is 16.7. The molecule has 158 valence electrons. The van der Waals surface area contributed by atoms with E-state index in [-0.39, 0.29) is 18.2 Å². The van der Waals surface area contributed by atoms with Gasteiger partial charge < -0.3 is 10.2 Å². The smallest absolute Gasteiger partial charge is 0.277 e. The van der Waals surface area contributed by atoms with E-state index in [9.17, 15) is 29.8 Å². The van der Waals surface area contributed by atoms with Crippen molar-refractivity contribution >= 4 is 39.7 Å². The molecular formula is C18H19N5O6S. The Morgan fingerprint density at radius 2 is 1.73 bits per heavy atom. The van der Waals surface area contributed by atoms with E-state index in [0.717, 1.165) is 37.5 Å². The Labute approximate surface area is 175 Å². The van der Waals surface area contributed by atoms with Gasteiger partial charge in [0.2, 0.25) is 5.91 Å². The number of nitro benzene ring substituents is 2. The molecule has 0 aliphatic heterocycles. The van der Waals surface area contributed by atoms with Gasteiger partial charge in [-0.3, -0.25) is 29.8 Å². The number of benzene rings is 1. The number of thiazole rings is 1. The fraction of sp³-hybridized carbons (Fsp3) is 0.389. The average Bonchev–Trinajstić information content (AvgIpc) is 3.24. The number of nitrogens with one attached hydrogen (secondary N) is 1. The van der Waals surface area contributed by atoms with Gasteiger partial charge in [-0.15, -0.1) is 11.3 Å². The van der Waals surface area contributed by atoms with Crippen LogP contribution in [0.4, 0.5) is 16.5 Å². The predicted molar refractivity (Wildman–Crippen MR) is 108 cm³/mol. The topological polar surface area (TPSA) is 149 Å². The van der Waals surface area contributed by atoms with Crippen molar-refractivity contribution in [3.63, 3.8) is 0 Å². The minimum atomic E-state index is -0.788. The van der Waals surface area contributed by atoms with Gasteiger partial charge in [-0.05, 0) is 12.8 Å². The first kappa shape index (κ1) is 21.3. The number of nitro groups is 2. The minimum absolute atomic E-state index is 0.191. The molecule has 2 aromatic rings. The molecule has 0 saturated heterocycles. The van der Waals surface area contributed by atoms with Crippen LogP contribution in [0.5, 0.6) is 0 Å². The van der Waals surface area contributed by atoms with Crippen LogP contribution in [0, 0.1) is 20.2 Å². The standard InChI is InChI=1S/C18H19N5O6S/c24-16(20-18-19-6-7-30-18)11-21(13-4-2-1-3-5-13)17(25)12-8-14(22(26)27)10-15(9-12)23(28)29/h6-10,13H,1-5,11H2,(H,19,20,24). The van der Waals surface area contributed by atoms with Crippen LogP contribution in [0.1, 0.15) is 42.5 Å². The maximum atomic E-state index is 13.2. The molecule has 1 aromatic carbocycles. The molecule has 0 radical (unpaired) electrons. The van der Waals surface area contributed by atoms with Gasteiger partial charge in [0.05, 0.1) is 21.5 Å². The summed E-state index contributed by atoms with van der Waals surface area (Å²) in [6.07, 6.45) is 5.70. The van der Waals surface area contributed by atoms with Crippen molar-refractivity contribution in [3.8, 4) is 0 Å². The highest BCUT2D eigenvalue weighted by molar-refractivity contribution is 7.13. The molecule has 0 unspecified atom stereocenters. The van der Waals surface area contributed by atoms with E-state index >= 15 is 0 Å². The third kappa shape index (κ3) is 5.14. The Kier molecular flexibility index (Phi) is 6.67. The lowest BCUT2D eigenvalue weighted by molar-refractivity contribution is -0.394. The zero-order valence-electron chi connectivity index (χ0n) is 15.9. The van der Waals surface area contributed by atoms with Crippen LogP contribution in [0.3, 0.4) is 0 Å². The molecule has 0 atom stereocenters. The number of hydrogen-bond donors (Lipinski definition) is 1. The van der Waals surface area contributed by atoms with E-state index in [1.54, 1.807) is 5.38 Å². The van der Waals surface area contributed by atoms with Gasteiger partial charge in [-0.2, -0.15) is 0 Å². The molecule has 3 rings (SSSR count). The summed E-state index contributed by atoms with van der Waals surface area (Å²) in [5.74, 6) is -1.10. The molecule has 1 fully saturated rings. The second-order valence-electron chi connectivity index (χ2n) is 6.86. The second-order valence-corrected chi connectivity index (χ2v) is 7.76. The van der Waals surface area contributed by atoms with Crippen molar-refractivity contribution < 1.29 is 19.4 Å². The highest BCUT2D eigenvalue weighted by Gasteiger charge is 2.30. The molecule has 1 aliphatic carbocycles. The van der Waals surface area contributed by atoms with Gasteiger partial charge in [0.1, 0.15) is 6.54 Å². The van der Waals surface area contributed by atoms with E-state index in [0.29, 0.717) is 18.0 Å². The summed E-state index contributed by atoms with van der Waals surface area (Å²) in [7, 11) is 0. The highest BCUT2D eigenvalue weighted by atomic mass is 32.1. The first-order valence-electron chi connectivity index (χ1n) is 9.29. The summed E-state index contributed by atoms with van der Waals surface area (Å²) < 4.78 is 0. The molecule has 1 aliphatic rings. The van der Waals surface area contributed by atoms with Crippen LogP contribution >= 0.6 is 11.3 Å². The maximum Gasteiger partial charge on any atom is 0.277 e. The average molecular weight is 433 g/mol. The van der Waals surface area contributed by atoms with Crippen molar-refractivity contribution in [2.75, 3.05) is 11.9 Å². The lowest BCUT2D eigenvalue weighted by atomic mass is 9.93. The first-order valence-corrected chi connectivity index (χ1v) is 10.2. The lowest BCUT2D eigenvalue weighted by Gasteiger charge is -2.34. The number of aromatic nitrogens is 1. The van der Waals surface area contributed by atoms with Crippen molar-refractivity contribution in [1.82, 2.24) is 9.88 Å². The number of carbonyl (C=O) groups excluding carboxylic acids is 2. The van der Waals surface area contributed by atoms with Crippen LogP contribution in [0.15, 0.2) is 29.8 Å². The summed E-state index contributed by atoms with van der Waals surface area (Å²) in [5.41, 5.74) is -1.30. The monoisotopic (exact) mass is 433 g/mol. The van der Waals surface area contributed by atoms with Gasteiger partial charge in [0, 0.05) is 29.8 Å². The Morgan fingerprint density at radius 1 is 1.10 bits per heavy atom. The molecule has 1 aromatic heterocycles. The number of rotatable bonds is 7. The molecular weight excluding hydrogens is 414 g/mol. The summed E-state index contributed by atoms with van der Waals surface area (Å²) in [4.78, 5) is 51.8. The number of carbonyl (C=O) groups is 2. The molecule has 30 heavy (non-hydrogen) atoms. The molecule has 1 N–H and O–H groups in total. The third-order valence-electron chi connectivity index (χ3n) is 4.84. The Morgan fingerprint density at radius 3 is 2.27 bits per heavy atom. The van der Waals surface area contributed by atoms with Gasteiger partial charge in [0.15, 0.2) is 5.13 Å². The van der Waals surface area contributed by atoms with E-state index < -0.39 is 33.0 Å². The fourth-order valence-electron chi connectivity index (χ4n) is 3.45. The molecule has 12 heteroatoms. The normalized spacial score (nSPS) is 14.1. The SMILES string of the molecule is O=C(CN(C(=O)c1cc([N+](=O)[O-])cc([N+](=O)[O-])c1)C1CCCCC1)Nc1nccs1. The minimum Gasteiger partial charge on any atom is -0.326 e. The van der Waals surface area contributed by atoms with E-state index in [2.05, 4.69) is 10.3 Å². The van der Waals surface area contributed by atoms with E-state index in [1.165, 1.54) is 22.4 Å². The van der Waals surface area contributed by atoms with Crippen molar-refractivity contribution in [1.29, 1.82) is 0 Å². The highest BCUT2D eigenvalue weighted by Crippen LogP contribution is 2.27. The second kappa shape index (κ2) is 9.39. The first-order chi connectivity index (χ1) is 14.3. The molecule has 0 bridgehead atoms. The maximum absolute atomic E-state index is 13.2. The largest absolute Gasteiger partial charge is 0.326 e. The van der Waals surface area contributed by atoms with Crippen molar-refractivity contribution in [2.24, 2.45) is 0 Å². The van der Waals surface area contributed by atoms with Crippen molar-refractivity contribution in [2.45, 2.75) is 38.1 Å². The Hall–Kier alpha value is -3.41. The van der Waals surface area contributed by atoms with Crippen LogP contribution in [0.25, 0.3) is 0 Å². The fourth-order valence-corrected chi connectivity index (χ4v) is 4.00. The van der Waals surface area contributed by atoms with Crippen LogP contribution in [-0.4, -0.2) is 44.1 Å². The Bertz CT molecular complexity index is 926. The number of non-ortho nitro benzene ring substituents is 2. The number of hydrogen-bond acceptors (Lipinski definition) is 8. The third-order valence-corrected chi connectivity index (χ3v) is 5.53. The van der Waals surface area contributed by atoms with Crippen LogP contribution in [-0.2, 0) is 4.79 Å². The van der Waals surface area contributed by atoms with E-state index in [1.807, 2.05) is 0 Å². The van der Waals surface area contributed by atoms with E-state index in [4.69, 9.17) is 0 Å². The molecule has 1 saturated carbocycles. The van der Waals surface area contributed by atoms with Crippen LogP contribution in [0.2, 0.25) is 0 Å². The molecule has 0 spiro atoms. The van der Waals surface area contributed by atoms with Crippen molar-refractivity contribution in [3.05, 3.63) is 55.6 Å². The predicted octanol–water partition coefficient (Wildman–Crippen LogP) is 3.37. The summed E-state index contributed by atoms with van der Waals surface area (Å²) in [6, 6.07) is 2.58. The molecule has 2 amide bonds. The molecule has 11 nitrogen and oxygen atoms in total. The van der Waals surface area contributed by atoms with Gasteiger partial charge in [-0.1, -0.05) is 19.3 Å². The lowest BCUT2D eigenvalue weighted by Crippen LogP contribution is -2.45.